The van der Waals surface area contributed by atoms with E-state index in [2.05, 4.69) is 36.3 Å². The average Bonchev–Trinajstić information content (AvgIpc) is 3.40. The molecule has 1 N–H and O–H groups in total. The topological polar surface area (TPSA) is 81.6 Å². The number of rotatable bonds is 6. The predicted molar refractivity (Wildman–Crippen MR) is 108 cm³/mol. The molecule has 0 radical (unpaired) electrons. The third kappa shape index (κ3) is 3.88. The maximum Gasteiger partial charge on any atom is 0.137 e. The van der Waals surface area contributed by atoms with Gasteiger partial charge in [0, 0.05) is 22.0 Å². The monoisotopic (exact) mass is 474 g/mol. The maximum absolute atomic E-state index is 14.7. The van der Waals surface area contributed by atoms with Gasteiger partial charge in [-0.1, -0.05) is 34.1 Å². The molecule has 154 valence electrons. The molecule has 0 fully saturated rings. The van der Waals surface area contributed by atoms with Gasteiger partial charge >= 0.3 is 0 Å². The molecule has 0 saturated carbocycles. The van der Waals surface area contributed by atoms with Crippen LogP contribution >= 0.6 is 15.9 Å². The molecule has 0 aliphatic heterocycles. The molecule has 10 heteroatoms. The number of nitrogens with zero attached hydrogens (tertiary/aromatic N) is 6. The highest BCUT2D eigenvalue weighted by Gasteiger charge is 2.41. The Morgan fingerprint density at radius 1 is 1.17 bits per heavy atom. The maximum atomic E-state index is 14.7. The number of hydrogen-bond donors (Lipinski definition) is 1. The van der Waals surface area contributed by atoms with E-state index < -0.39 is 23.2 Å². The molecular formula is C20H17BrF2N6O. The summed E-state index contributed by atoms with van der Waals surface area (Å²) >= 11 is 3.38. The van der Waals surface area contributed by atoms with Crippen LogP contribution in [-0.4, -0.2) is 34.9 Å². The molecule has 0 amide bonds. The van der Waals surface area contributed by atoms with Crippen LogP contribution < -0.4 is 0 Å². The number of benzene rings is 2. The van der Waals surface area contributed by atoms with E-state index in [0.29, 0.717) is 5.69 Å². The van der Waals surface area contributed by atoms with Gasteiger partial charge in [0.15, 0.2) is 0 Å². The lowest BCUT2D eigenvalue weighted by atomic mass is 9.80. The molecule has 0 unspecified atom stereocenters. The Kier molecular flexibility index (Phi) is 5.44. The smallest absolute Gasteiger partial charge is 0.137 e. The molecule has 4 aromatic rings. The Morgan fingerprint density at radius 3 is 2.60 bits per heavy atom. The first-order valence-corrected chi connectivity index (χ1v) is 9.84. The fourth-order valence-corrected chi connectivity index (χ4v) is 3.56. The fraction of sp³-hybridized carbons (Fsp3) is 0.200. The molecule has 2 aromatic heterocycles. The van der Waals surface area contributed by atoms with Crippen molar-refractivity contribution < 1.29 is 13.9 Å². The van der Waals surface area contributed by atoms with E-state index in [4.69, 9.17) is 0 Å². The molecule has 4 rings (SSSR count). The number of aliphatic hydroxyl groups is 1. The standard InChI is InChI=1S/C20H17BrF2N6O/c1-13(19-9-29(27-26-19)16-5-2-14(21)3-6-16)20(30,10-28-12-24-11-25-28)17-7-4-15(22)8-18(17)23/h2-9,11-13,30H,10H2,1H3/t13-,20+/m0/s1. The van der Waals surface area contributed by atoms with Crippen LogP contribution in [0.2, 0.25) is 0 Å². The number of halogens is 3. The molecule has 0 bridgehead atoms. The molecule has 0 saturated heterocycles. The fourth-order valence-electron chi connectivity index (χ4n) is 3.30. The lowest BCUT2D eigenvalue weighted by Crippen LogP contribution is -2.38. The highest BCUT2D eigenvalue weighted by molar-refractivity contribution is 9.10. The van der Waals surface area contributed by atoms with Crippen molar-refractivity contribution in [3.8, 4) is 5.69 Å². The molecular weight excluding hydrogens is 458 g/mol. The lowest BCUT2D eigenvalue weighted by Gasteiger charge is -2.33. The van der Waals surface area contributed by atoms with Gasteiger partial charge in [0.25, 0.3) is 0 Å². The SMILES string of the molecule is C[C@@H](c1cn(-c2ccc(Br)cc2)nn1)[C@](O)(Cn1cncn1)c1ccc(F)cc1F. The normalized spacial score (nSPS) is 14.4. The Bertz CT molecular complexity index is 1150. The molecule has 30 heavy (non-hydrogen) atoms. The van der Waals surface area contributed by atoms with Gasteiger partial charge in [-0.3, -0.25) is 0 Å². The molecule has 2 heterocycles. The van der Waals surface area contributed by atoms with Gasteiger partial charge in [-0.05, 0) is 30.3 Å². The van der Waals surface area contributed by atoms with E-state index in [0.717, 1.165) is 22.3 Å². The van der Waals surface area contributed by atoms with Crippen molar-refractivity contribution in [2.45, 2.75) is 25.0 Å². The molecule has 2 atom stereocenters. The summed E-state index contributed by atoms with van der Waals surface area (Å²) in [5.74, 6) is -2.29. The summed E-state index contributed by atoms with van der Waals surface area (Å²) < 4.78 is 32.0. The van der Waals surface area contributed by atoms with Crippen molar-refractivity contribution in [2.24, 2.45) is 0 Å². The zero-order valence-electron chi connectivity index (χ0n) is 15.8. The van der Waals surface area contributed by atoms with E-state index in [1.165, 1.54) is 23.4 Å². The quantitative estimate of drug-likeness (QED) is 0.461. The van der Waals surface area contributed by atoms with Gasteiger partial charge in [-0.15, -0.1) is 5.10 Å². The summed E-state index contributed by atoms with van der Waals surface area (Å²) in [6, 6.07) is 10.5. The number of hydrogen-bond acceptors (Lipinski definition) is 5. The van der Waals surface area contributed by atoms with Crippen LogP contribution in [0.1, 0.15) is 24.1 Å². The highest BCUT2D eigenvalue weighted by atomic mass is 79.9. The Labute approximate surface area is 179 Å². The van der Waals surface area contributed by atoms with Crippen LogP contribution in [0.15, 0.2) is 65.8 Å². The summed E-state index contributed by atoms with van der Waals surface area (Å²) in [6.45, 7) is 1.59. The van der Waals surface area contributed by atoms with Crippen molar-refractivity contribution in [1.82, 2.24) is 29.8 Å². The lowest BCUT2D eigenvalue weighted by molar-refractivity contribution is -0.0123. The Balaban J connectivity index is 1.74. The third-order valence-electron chi connectivity index (χ3n) is 5.03. The van der Waals surface area contributed by atoms with Gasteiger partial charge in [-0.2, -0.15) is 5.10 Å². The third-order valence-corrected chi connectivity index (χ3v) is 5.56. The first kappa shape index (κ1) is 20.3. The van der Waals surface area contributed by atoms with Gasteiger partial charge in [0.05, 0.1) is 24.1 Å². The summed E-state index contributed by atoms with van der Waals surface area (Å²) in [5, 5.41) is 24.0. The summed E-state index contributed by atoms with van der Waals surface area (Å²) in [6.07, 6.45) is 4.40. The molecule has 2 aromatic carbocycles. The van der Waals surface area contributed by atoms with Gasteiger partial charge in [-0.25, -0.2) is 23.1 Å². The van der Waals surface area contributed by atoms with E-state index in [9.17, 15) is 13.9 Å². The Morgan fingerprint density at radius 2 is 1.93 bits per heavy atom. The van der Waals surface area contributed by atoms with Crippen LogP contribution in [-0.2, 0) is 12.1 Å². The first-order valence-electron chi connectivity index (χ1n) is 9.05. The van der Waals surface area contributed by atoms with Crippen LogP contribution in [0, 0.1) is 11.6 Å². The molecule has 0 aliphatic carbocycles. The minimum Gasteiger partial charge on any atom is -0.382 e. The van der Waals surface area contributed by atoms with Crippen molar-refractivity contribution in [3.05, 3.63) is 88.7 Å². The van der Waals surface area contributed by atoms with E-state index in [-0.39, 0.29) is 12.1 Å². The zero-order valence-corrected chi connectivity index (χ0v) is 17.4. The largest absolute Gasteiger partial charge is 0.382 e. The minimum absolute atomic E-state index is 0.0647. The van der Waals surface area contributed by atoms with Crippen LogP contribution in [0.5, 0.6) is 0 Å². The average molecular weight is 475 g/mol. The second-order valence-electron chi connectivity index (χ2n) is 6.93. The molecule has 0 spiro atoms. The van der Waals surface area contributed by atoms with Crippen molar-refractivity contribution in [2.75, 3.05) is 0 Å². The van der Waals surface area contributed by atoms with Crippen molar-refractivity contribution in [3.63, 3.8) is 0 Å². The van der Waals surface area contributed by atoms with E-state index in [1.54, 1.807) is 17.8 Å². The molecule has 7 nitrogen and oxygen atoms in total. The predicted octanol–water partition coefficient (Wildman–Crippen LogP) is 3.59. The summed E-state index contributed by atoms with van der Waals surface area (Å²) in [7, 11) is 0. The minimum atomic E-state index is -1.79. The summed E-state index contributed by atoms with van der Waals surface area (Å²) in [4.78, 5) is 3.87. The van der Waals surface area contributed by atoms with Gasteiger partial charge in [0.2, 0.25) is 0 Å². The van der Waals surface area contributed by atoms with E-state index >= 15 is 0 Å². The second-order valence-corrected chi connectivity index (χ2v) is 7.84. The van der Waals surface area contributed by atoms with Crippen molar-refractivity contribution in [1.29, 1.82) is 0 Å². The van der Waals surface area contributed by atoms with Crippen molar-refractivity contribution >= 4 is 15.9 Å². The van der Waals surface area contributed by atoms with Gasteiger partial charge in [0.1, 0.15) is 29.9 Å². The highest BCUT2D eigenvalue weighted by Crippen LogP contribution is 2.39. The Hall–Kier alpha value is -2.98. The van der Waals surface area contributed by atoms with Crippen LogP contribution in [0.25, 0.3) is 5.69 Å². The van der Waals surface area contributed by atoms with E-state index in [1.807, 2.05) is 24.3 Å². The van der Waals surface area contributed by atoms with Crippen LogP contribution in [0.4, 0.5) is 8.78 Å². The number of aromatic nitrogens is 6. The van der Waals surface area contributed by atoms with Crippen LogP contribution in [0.3, 0.4) is 0 Å². The zero-order chi connectivity index (χ0) is 21.3. The second kappa shape index (κ2) is 8.04. The first-order chi connectivity index (χ1) is 14.4. The summed E-state index contributed by atoms with van der Waals surface area (Å²) in [5.41, 5.74) is -0.641. The van der Waals surface area contributed by atoms with Gasteiger partial charge < -0.3 is 5.11 Å². The molecule has 0 aliphatic rings.